The molecule has 0 fully saturated rings. The number of carbonyl (C=O) groups excluding carboxylic acids is 1. The van der Waals surface area contributed by atoms with Crippen molar-refractivity contribution < 1.29 is 4.79 Å². The van der Waals surface area contributed by atoms with Crippen molar-refractivity contribution in [1.29, 1.82) is 0 Å². The predicted octanol–water partition coefficient (Wildman–Crippen LogP) is 5.11. The van der Waals surface area contributed by atoms with Gasteiger partial charge in [-0.25, -0.2) is 0 Å². The maximum Gasteiger partial charge on any atom is 0.152 e. The van der Waals surface area contributed by atoms with Crippen molar-refractivity contribution in [2.75, 3.05) is 0 Å². The van der Waals surface area contributed by atoms with Crippen LogP contribution in [0.4, 0.5) is 0 Å². The Bertz CT molecular complexity index is 969. The average molecular weight is 297 g/mol. The van der Waals surface area contributed by atoms with Gasteiger partial charge in [0.15, 0.2) is 6.29 Å². The van der Waals surface area contributed by atoms with E-state index >= 15 is 0 Å². The normalized spacial score (nSPS) is 10.8. The molecule has 0 aliphatic carbocycles. The summed E-state index contributed by atoms with van der Waals surface area (Å²) in [6, 6.07) is 28.3. The van der Waals surface area contributed by atoms with Crippen LogP contribution in [-0.2, 0) is 0 Å². The lowest BCUT2D eigenvalue weighted by Gasteiger charge is -2.11. The number of nitrogens with zero attached hydrogens (tertiary/aromatic N) is 1. The van der Waals surface area contributed by atoms with Gasteiger partial charge in [0.05, 0.1) is 11.2 Å². The van der Waals surface area contributed by atoms with Crippen molar-refractivity contribution in [1.82, 2.24) is 4.57 Å². The summed E-state index contributed by atoms with van der Waals surface area (Å²) in [6.45, 7) is 0. The summed E-state index contributed by atoms with van der Waals surface area (Å²) in [5, 5.41) is 0.977. The van der Waals surface area contributed by atoms with Crippen LogP contribution in [0.1, 0.15) is 10.4 Å². The number of para-hydroxylation sites is 2. The molecule has 0 amide bonds. The smallest absolute Gasteiger partial charge is 0.152 e. The molecule has 2 heteroatoms. The molecule has 3 aromatic carbocycles. The third-order valence-electron chi connectivity index (χ3n) is 4.09. The van der Waals surface area contributed by atoms with Gasteiger partial charge in [-0.1, -0.05) is 66.7 Å². The second-order valence-electron chi connectivity index (χ2n) is 5.43. The number of hydrogen-bond donors (Lipinski definition) is 0. The third kappa shape index (κ3) is 2.16. The molecule has 0 radical (unpaired) electrons. The molecule has 0 N–H and O–H groups in total. The molecule has 0 saturated heterocycles. The Hall–Kier alpha value is -3.13. The molecule has 4 aromatic rings. The molecule has 4 rings (SSSR count). The van der Waals surface area contributed by atoms with Gasteiger partial charge in [-0.05, 0) is 23.8 Å². The summed E-state index contributed by atoms with van der Waals surface area (Å²) in [6.07, 6.45) is 0.962. The van der Waals surface area contributed by atoms with Crippen LogP contribution < -0.4 is 0 Å². The van der Waals surface area contributed by atoms with Crippen molar-refractivity contribution in [3.8, 4) is 16.9 Å². The van der Waals surface area contributed by atoms with Crippen LogP contribution in [0.2, 0.25) is 0 Å². The topological polar surface area (TPSA) is 22.0 Å². The van der Waals surface area contributed by atoms with Crippen LogP contribution in [-0.4, -0.2) is 10.9 Å². The molecule has 110 valence electrons. The average Bonchev–Trinajstić information content (AvgIpc) is 2.97. The lowest BCUT2D eigenvalue weighted by Crippen LogP contribution is -1.97. The van der Waals surface area contributed by atoms with Crippen LogP contribution >= 0.6 is 0 Å². The van der Waals surface area contributed by atoms with Crippen molar-refractivity contribution in [3.05, 3.63) is 90.5 Å². The van der Waals surface area contributed by atoms with Crippen molar-refractivity contribution >= 4 is 17.2 Å². The third-order valence-corrected chi connectivity index (χ3v) is 4.09. The minimum Gasteiger partial charge on any atom is -0.309 e. The molecular formula is C21H15NO. The number of hydrogen-bond acceptors (Lipinski definition) is 1. The van der Waals surface area contributed by atoms with Crippen molar-refractivity contribution in [3.63, 3.8) is 0 Å². The highest BCUT2D eigenvalue weighted by atomic mass is 16.1. The largest absolute Gasteiger partial charge is 0.309 e. The first kappa shape index (κ1) is 13.5. The van der Waals surface area contributed by atoms with E-state index in [0.717, 1.165) is 39.7 Å². The Balaban J connectivity index is 2.17. The molecule has 0 spiro atoms. The maximum absolute atomic E-state index is 11.8. The first-order valence-electron chi connectivity index (χ1n) is 7.59. The lowest BCUT2D eigenvalue weighted by atomic mass is 10.1. The zero-order valence-electron chi connectivity index (χ0n) is 12.5. The number of fused-ring (bicyclic) bond motifs is 1. The molecule has 0 aliphatic rings. The standard InChI is InChI=1S/C21H15NO/c23-15-19-18-13-7-8-14-20(18)22(17-11-5-2-6-12-17)21(19)16-9-3-1-4-10-16/h1-15H. The number of carbonyl (C=O) groups is 1. The van der Waals surface area contributed by atoms with Crippen LogP contribution in [0.15, 0.2) is 84.9 Å². The molecule has 0 saturated carbocycles. The second-order valence-corrected chi connectivity index (χ2v) is 5.43. The van der Waals surface area contributed by atoms with E-state index in [1.54, 1.807) is 0 Å². The van der Waals surface area contributed by atoms with Crippen LogP contribution in [0.25, 0.3) is 27.8 Å². The van der Waals surface area contributed by atoms with E-state index in [1.807, 2.05) is 66.7 Å². The summed E-state index contributed by atoms with van der Waals surface area (Å²) in [4.78, 5) is 11.8. The van der Waals surface area contributed by atoms with Gasteiger partial charge in [0.1, 0.15) is 0 Å². The predicted molar refractivity (Wildman–Crippen MR) is 94.1 cm³/mol. The summed E-state index contributed by atoms with van der Waals surface area (Å²) in [5.41, 5.74) is 4.80. The fraction of sp³-hybridized carbons (Fsp3) is 0. The quantitative estimate of drug-likeness (QED) is 0.482. The van der Waals surface area contributed by atoms with Gasteiger partial charge in [-0.3, -0.25) is 4.79 Å². The first-order chi connectivity index (χ1) is 11.4. The highest BCUT2D eigenvalue weighted by molar-refractivity contribution is 6.06. The monoisotopic (exact) mass is 297 g/mol. The SMILES string of the molecule is O=Cc1c(-c2ccccc2)n(-c2ccccc2)c2ccccc12. The van der Waals surface area contributed by atoms with Gasteiger partial charge in [0, 0.05) is 16.6 Å². The van der Waals surface area contributed by atoms with Gasteiger partial charge in [0.25, 0.3) is 0 Å². The Morgan fingerprint density at radius 2 is 1.30 bits per heavy atom. The van der Waals surface area contributed by atoms with Gasteiger partial charge < -0.3 is 4.57 Å². The first-order valence-corrected chi connectivity index (χ1v) is 7.59. The maximum atomic E-state index is 11.8. The fourth-order valence-electron chi connectivity index (χ4n) is 3.11. The van der Waals surface area contributed by atoms with E-state index in [0.29, 0.717) is 0 Å². The number of rotatable bonds is 3. The van der Waals surface area contributed by atoms with Crippen molar-refractivity contribution in [2.24, 2.45) is 0 Å². The van der Waals surface area contributed by atoms with Gasteiger partial charge >= 0.3 is 0 Å². The second kappa shape index (κ2) is 5.58. The Labute approximate surface area is 134 Å². The van der Waals surface area contributed by atoms with E-state index in [9.17, 15) is 4.79 Å². The molecule has 0 unspecified atom stereocenters. The van der Waals surface area contributed by atoms with Crippen LogP contribution in [0.5, 0.6) is 0 Å². The zero-order chi connectivity index (χ0) is 15.6. The zero-order valence-corrected chi connectivity index (χ0v) is 12.5. The van der Waals surface area contributed by atoms with E-state index < -0.39 is 0 Å². The fourth-order valence-corrected chi connectivity index (χ4v) is 3.11. The minimum absolute atomic E-state index is 0.732. The molecule has 1 aromatic heterocycles. The Morgan fingerprint density at radius 3 is 2.00 bits per heavy atom. The summed E-state index contributed by atoms with van der Waals surface area (Å²) >= 11 is 0. The summed E-state index contributed by atoms with van der Waals surface area (Å²) in [5.74, 6) is 0. The molecular weight excluding hydrogens is 282 g/mol. The highest BCUT2D eigenvalue weighted by Crippen LogP contribution is 2.35. The molecule has 1 heterocycles. The summed E-state index contributed by atoms with van der Waals surface area (Å²) < 4.78 is 2.16. The number of aromatic nitrogens is 1. The Kier molecular flexibility index (Phi) is 3.28. The molecule has 23 heavy (non-hydrogen) atoms. The molecule has 0 aliphatic heterocycles. The molecule has 2 nitrogen and oxygen atoms in total. The van der Waals surface area contributed by atoms with Crippen LogP contribution in [0.3, 0.4) is 0 Å². The van der Waals surface area contributed by atoms with E-state index in [1.165, 1.54) is 0 Å². The molecule has 0 atom stereocenters. The highest BCUT2D eigenvalue weighted by Gasteiger charge is 2.18. The minimum atomic E-state index is 0.732. The number of benzene rings is 3. The van der Waals surface area contributed by atoms with Gasteiger partial charge in [-0.2, -0.15) is 0 Å². The van der Waals surface area contributed by atoms with Crippen LogP contribution in [0, 0.1) is 0 Å². The van der Waals surface area contributed by atoms with Crippen molar-refractivity contribution in [2.45, 2.75) is 0 Å². The molecule has 0 bridgehead atoms. The summed E-state index contributed by atoms with van der Waals surface area (Å²) in [7, 11) is 0. The van der Waals surface area contributed by atoms with E-state index in [-0.39, 0.29) is 0 Å². The Morgan fingerprint density at radius 1 is 0.696 bits per heavy atom. The number of aldehydes is 1. The van der Waals surface area contributed by atoms with Gasteiger partial charge in [0.2, 0.25) is 0 Å². The van der Waals surface area contributed by atoms with E-state index in [2.05, 4.69) is 22.8 Å². The van der Waals surface area contributed by atoms with Gasteiger partial charge in [-0.15, -0.1) is 0 Å². The van der Waals surface area contributed by atoms with E-state index in [4.69, 9.17) is 0 Å². The lowest BCUT2D eigenvalue weighted by molar-refractivity contribution is 0.112.